The first-order valence-electron chi connectivity index (χ1n) is 4.86. The van der Waals surface area contributed by atoms with E-state index < -0.39 is 0 Å². The second kappa shape index (κ2) is 4.32. The van der Waals surface area contributed by atoms with Crippen LogP contribution in [0.1, 0.15) is 6.42 Å². The van der Waals surface area contributed by atoms with Gasteiger partial charge in [0.1, 0.15) is 5.75 Å². The van der Waals surface area contributed by atoms with E-state index in [4.69, 9.17) is 4.74 Å². The predicted molar refractivity (Wildman–Crippen MR) is 60.6 cm³/mol. The number of nitrogens with one attached hydrogen (secondary N) is 1. The molecular weight excluding hydrogens is 242 g/mol. The minimum Gasteiger partial charge on any atom is -0.492 e. The van der Waals surface area contributed by atoms with Crippen LogP contribution in [-0.4, -0.2) is 19.7 Å². The summed E-state index contributed by atoms with van der Waals surface area (Å²) < 4.78 is 6.74. The number of hydrogen-bond donors (Lipinski definition) is 1. The van der Waals surface area contributed by atoms with Crippen molar-refractivity contribution in [2.45, 2.75) is 12.5 Å². The lowest BCUT2D eigenvalue weighted by Gasteiger charge is -2.07. The lowest BCUT2D eigenvalue weighted by atomic mass is 10.3. The van der Waals surface area contributed by atoms with Crippen molar-refractivity contribution in [2.24, 2.45) is 5.92 Å². The van der Waals surface area contributed by atoms with E-state index in [0.29, 0.717) is 12.0 Å². The Balaban J connectivity index is 1.84. The zero-order valence-corrected chi connectivity index (χ0v) is 9.75. The van der Waals surface area contributed by atoms with E-state index in [0.717, 1.165) is 16.8 Å². The van der Waals surface area contributed by atoms with Gasteiger partial charge in [0.2, 0.25) is 0 Å². The Morgan fingerprint density at radius 2 is 2.29 bits per heavy atom. The Labute approximate surface area is 92.8 Å². The minimum atomic E-state index is 0.664. The van der Waals surface area contributed by atoms with Crippen LogP contribution in [0, 0.1) is 5.92 Å². The molecule has 1 aromatic rings. The number of hydrogen-bond acceptors (Lipinski definition) is 2. The average molecular weight is 256 g/mol. The molecule has 2 nitrogen and oxygen atoms in total. The van der Waals surface area contributed by atoms with Crippen LogP contribution in [0.3, 0.4) is 0 Å². The summed E-state index contributed by atoms with van der Waals surface area (Å²) >= 11 is 3.46. The third kappa shape index (κ3) is 2.28. The highest BCUT2D eigenvalue weighted by Crippen LogP contribution is 2.32. The molecule has 0 bridgehead atoms. The molecule has 0 spiro atoms. The van der Waals surface area contributed by atoms with Crippen LogP contribution in [-0.2, 0) is 0 Å². The molecular formula is C11H14BrNO. The van der Waals surface area contributed by atoms with Gasteiger partial charge in [-0.3, -0.25) is 0 Å². The molecule has 2 atom stereocenters. The number of benzene rings is 1. The highest BCUT2D eigenvalue weighted by Gasteiger charge is 2.36. The van der Waals surface area contributed by atoms with Crippen molar-refractivity contribution in [3.63, 3.8) is 0 Å². The van der Waals surface area contributed by atoms with E-state index in [1.54, 1.807) is 0 Å². The number of halogens is 1. The van der Waals surface area contributed by atoms with Crippen LogP contribution in [0.25, 0.3) is 0 Å². The molecule has 1 N–H and O–H groups in total. The second-order valence-electron chi connectivity index (χ2n) is 3.63. The van der Waals surface area contributed by atoms with Crippen LogP contribution >= 0.6 is 15.9 Å². The Bertz CT molecular complexity index is 316. The highest BCUT2D eigenvalue weighted by molar-refractivity contribution is 9.10. The third-order valence-electron chi connectivity index (χ3n) is 2.58. The van der Waals surface area contributed by atoms with Gasteiger partial charge in [-0.05, 0) is 41.5 Å². The number of para-hydroxylation sites is 1. The van der Waals surface area contributed by atoms with Gasteiger partial charge in [0.15, 0.2) is 0 Å². The zero-order chi connectivity index (χ0) is 9.97. The van der Waals surface area contributed by atoms with Crippen molar-refractivity contribution in [1.29, 1.82) is 0 Å². The molecule has 3 heteroatoms. The largest absolute Gasteiger partial charge is 0.492 e. The molecule has 0 saturated heterocycles. The fraction of sp³-hybridized carbons (Fsp3) is 0.455. The first-order valence-corrected chi connectivity index (χ1v) is 5.65. The monoisotopic (exact) mass is 255 g/mol. The van der Waals surface area contributed by atoms with Crippen molar-refractivity contribution >= 4 is 15.9 Å². The fourth-order valence-electron chi connectivity index (χ4n) is 1.54. The van der Waals surface area contributed by atoms with Crippen LogP contribution < -0.4 is 10.1 Å². The van der Waals surface area contributed by atoms with E-state index in [9.17, 15) is 0 Å². The molecule has 0 radical (unpaired) electrons. The molecule has 1 saturated carbocycles. The van der Waals surface area contributed by atoms with Gasteiger partial charge in [0, 0.05) is 12.0 Å². The molecule has 0 amide bonds. The molecule has 1 aliphatic rings. The summed E-state index contributed by atoms with van der Waals surface area (Å²) in [5.41, 5.74) is 0. The van der Waals surface area contributed by atoms with E-state index in [2.05, 4.69) is 21.2 Å². The van der Waals surface area contributed by atoms with Gasteiger partial charge in [-0.1, -0.05) is 12.1 Å². The quantitative estimate of drug-likeness (QED) is 0.893. The highest BCUT2D eigenvalue weighted by atomic mass is 79.9. The maximum atomic E-state index is 5.71. The molecule has 2 unspecified atom stereocenters. The number of ether oxygens (including phenoxy) is 1. The molecule has 0 aliphatic heterocycles. The lowest BCUT2D eigenvalue weighted by Crippen LogP contribution is -2.14. The van der Waals surface area contributed by atoms with Crippen LogP contribution in [0.5, 0.6) is 5.75 Å². The summed E-state index contributed by atoms with van der Waals surface area (Å²) in [7, 11) is 2.00. The van der Waals surface area contributed by atoms with Crippen molar-refractivity contribution in [3.8, 4) is 5.75 Å². The van der Waals surface area contributed by atoms with Crippen molar-refractivity contribution in [3.05, 3.63) is 28.7 Å². The lowest BCUT2D eigenvalue weighted by molar-refractivity contribution is 0.293. The maximum absolute atomic E-state index is 5.71. The number of rotatable bonds is 4. The first-order chi connectivity index (χ1) is 6.81. The maximum Gasteiger partial charge on any atom is 0.133 e. The minimum absolute atomic E-state index is 0.664. The van der Waals surface area contributed by atoms with E-state index in [-0.39, 0.29) is 0 Å². The zero-order valence-electron chi connectivity index (χ0n) is 8.16. The van der Waals surface area contributed by atoms with E-state index in [1.165, 1.54) is 6.42 Å². The summed E-state index contributed by atoms with van der Waals surface area (Å²) in [6, 6.07) is 8.63. The Kier molecular flexibility index (Phi) is 3.08. The summed E-state index contributed by atoms with van der Waals surface area (Å²) in [6.45, 7) is 0.814. The fourth-order valence-corrected chi connectivity index (χ4v) is 1.94. The van der Waals surface area contributed by atoms with Crippen molar-refractivity contribution in [1.82, 2.24) is 5.32 Å². The SMILES string of the molecule is CNC1CC1COc1ccccc1Br. The Morgan fingerprint density at radius 1 is 1.50 bits per heavy atom. The molecule has 1 aromatic carbocycles. The van der Waals surface area contributed by atoms with E-state index >= 15 is 0 Å². The van der Waals surface area contributed by atoms with Gasteiger partial charge in [0.25, 0.3) is 0 Å². The summed E-state index contributed by atoms with van der Waals surface area (Å²) in [5.74, 6) is 1.63. The van der Waals surface area contributed by atoms with Crippen molar-refractivity contribution in [2.75, 3.05) is 13.7 Å². The van der Waals surface area contributed by atoms with Crippen molar-refractivity contribution < 1.29 is 4.74 Å². The van der Waals surface area contributed by atoms with Gasteiger partial charge >= 0.3 is 0 Å². The molecule has 2 rings (SSSR count). The van der Waals surface area contributed by atoms with Gasteiger partial charge in [-0.25, -0.2) is 0 Å². The predicted octanol–water partition coefficient (Wildman–Crippen LogP) is 2.44. The topological polar surface area (TPSA) is 21.3 Å². The van der Waals surface area contributed by atoms with Crippen LogP contribution in [0.2, 0.25) is 0 Å². The molecule has 0 aromatic heterocycles. The summed E-state index contributed by atoms with van der Waals surface area (Å²) in [4.78, 5) is 0. The summed E-state index contributed by atoms with van der Waals surface area (Å²) in [5, 5.41) is 3.25. The molecule has 76 valence electrons. The molecule has 0 heterocycles. The van der Waals surface area contributed by atoms with Gasteiger partial charge < -0.3 is 10.1 Å². The molecule has 14 heavy (non-hydrogen) atoms. The second-order valence-corrected chi connectivity index (χ2v) is 4.49. The van der Waals surface area contributed by atoms with Gasteiger partial charge in [0.05, 0.1) is 11.1 Å². The standard InChI is InChI=1S/C11H14BrNO/c1-13-10-6-8(10)7-14-11-5-3-2-4-9(11)12/h2-5,8,10,13H,6-7H2,1H3. The normalized spacial score (nSPS) is 24.7. The smallest absolute Gasteiger partial charge is 0.133 e. The Morgan fingerprint density at radius 3 is 2.93 bits per heavy atom. The van der Waals surface area contributed by atoms with Crippen LogP contribution in [0.4, 0.5) is 0 Å². The first kappa shape index (κ1) is 9.99. The molecule has 1 fully saturated rings. The van der Waals surface area contributed by atoms with Gasteiger partial charge in [-0.2, -0.15) is 0 Å². The average Bonchev–Trinajstić information content (AvgIpc) is 2.95. The van der Waals surface area contributed by atoms with Gasteiger partial charge in [-0.15, -0.1) is 0 Å². The third-order valence-corrected chi connectivity index (χ3v) is 3.24. The van der Waals surface area contributed by atoms with E-state index in [1.807, 2.05) is 31.3 Å². The Hall–Kier alpha value is -0.540. The van der Waals surface area contributed by atoms with Crippen LogP contribution in [0.15, 0.2) is 28.7 Å². The summed E-state index contributed by atoms with van der Waals surface area (Å²) in [6.07, 6.45) is 1.24. The molecule has 1 aliphatic carbocycles.